The molecule has 2 rings (SSSR count). The van der Waals surface area contributed by atoms with E-state index in [1.54, 1.807) is 36.4 Å². The van der Waals surface area contributed by atoms with Gasteiger partial charge in [0.15, 0.2) is 12.4 Å². The van der Waals surface area contributed by atoms with Crippen molar-refractivity contribution < 1.29 is 14.3 Å². The largest absolute Gasteiger partial charge is 0.484 e. The number of hydrogen-bond acceptors (Lipinski definition) is 3. The molecule has 20 heavy (non-hydrogen) atoms. The van der Waals surface area contributed by atoms with Gasteiger partial charge in [-0.15, -0.1) is 0 Å². The Labute approximate surface area is 117 Å². The topological polar surface area (TPSA) is 55.4 Å². The van der Waals surface area contributed by atoms with Gasteiger partial charge in [0, 0.05) is 5.56 Å². The molecule has 0 saturated carbocycles. The minimum Gasteiger partial charge on any atom is -0.484 e. The van der Waals surface area contributed by atoms with E-state index < -0.39 is 0 Å². The molecule has 0 atom stereocenters. The second kappa shape index (κ2) is 7.09. The number of para-hydroxylation sites is 1. The molecule has 0 saturated heterocycles. The highest BCUT2D eigenvalue weighted by atomic mass is 16.5. The Bertz CT molecular complexity index is 567. The van der Waals surface area contributed by atoms with Gasteiger partial charge in [-0.05, 0) is 12.1 Å². The van der Waals surface area contributed by atoms with Crippen molar-refractivity contribution in [2.45, 2.75) is 0 Å². The zero-order valence-corrected chi connectivity index (χ0v) is 10.9. The molecule has 0 aliphatic heterocycles. The Morgan fingerprint density at radius 2 is 1.50 bits per heavy atom. The summed E-state index contributed by atoms with van der Waals surface area (Å²) in [6.45, 7) is -0.132. The van der Waals surface area contributed by atoms with Gasteiger partial charge in [-0.1, -0.05) is 48.5 Å². The van der Waals surface area contributed by atoms with Crippen LogP contribution in [0.1, 0.15) is 10.4 Å². The number of hydrogen-bond donors (Lipinski definition) is 1. The van der Waals surface area contributed by atoms with Crippen LogP contribution in [0.25, 0.3) is 0 Å². The molecule has 0 aromatic heterocycles. The first-order chi connectivity index (χ1) is 9.75. The van der Waals surface area contributed by atoms with Crippen molar-refractivity contribution in [3.05, 3.63) is 66.2 Å². The van der Waals surface area contributed by atoms with E-state index >= 15 is 0 Å². The molecule has 4 heteroatoms. The summed E-state index contributed by atoms with van der Waals surface area (Å²) in [5.41, 5.74) is 0.580. The van der Waals surface area contributed by atoms with Crippen LogP contribution in [-0.2, 0) is 4.79 Å². The van der Waals surface area contributed by atoms with Gasteiger partial charge in [0.05, 0.1) is 6.54 Å². The van der Waals surface area contributed by atoms with E-state index in [1.165, 1.54) is 0 Å². The van der Waals surface area contributed by atoms with Crippen molar-refractivity contribution in [3.63, 3.8) is 0 Å². The number of Topliss-reactive ketones (excluding diaryl/α,β-unsaturated/α-hetero) is 1. The smallest absolute Gasteiger partial charge is 0.258 e. The minimum atomic E-state index is -0.321. The molecule has 0 bridgehead atoms. The lowest BCUT2D eigenvalue weighted by atomic mass is 10.1. The van der Waals surface area contributed by atoms with Crippen LogP contribution in [0.3, 0.4) is 0 Å². The maximum absolute atomic E-state index is 11.8. The molecule has 0 aliphatic carbocycles. The first-order valence-corrected chi connectivity index (χ1v) is 6.28. The van der Waals surface area contributed by atoms with Gasteiger partial charge in [-0.2, -0.15) is 0 Å². The lowest BCUT2D eigenvalue weighted by Gasteiger charge is -2.07. The number of carbonyl (C=O) groups is 2. The molecular weight excluding hydrogens is 254 g/mol. The summed E-state index contributed by atoms with van der Waals surface area (Å²) >= 11 is 0. The lowest BCUT2D eigenvalue weighted by Crippen LogP contribution is -2.33. The van der Waals surface area contributed by atoms with Gasteiger partial charge in [-0.25, -0.2) is 0 Å². The van der Waals surface area contributed by atoms with Gasteiger partial charge in [-0.3, -0.25) is 9.59 Å². The fourth-order valence-electron chi connectivity index (χ4n) is 1.62. The first kappa shape index (κ1) is 13.8. The molecule has 2 aromatic carbocycles. The minimum absolute atomic E-state index is 0.0268. The van der Waals surface area contributed by atoms with E-state index in [2.05, 4.69) is 5.32 Å². The Morgan fingerprint density at radius 3 is 2.15 bits per heavy atom. The Hall–Kier alpha value is -2.62. The van der Waals surface area contributed by atoms with Crippen molar-refractivity contribution in [1.29, 1.82) is 0 Å². The van der Waals surface area contributed by atoms with E-state index in [-0.39, 0.29) is 24.8 Å². The average molecular weight is 269 g/mol. The quantitative estimate of drug-likeness (QED) is 0.817. The van der Waals surface area contributed by atoms with Gasteiger partial charge < -0.3 is 10.1 Å². The van der Waals surface area contributed by atoms with Crippen molar-refractivity contribution in [2.75, 3.05) is 13.2 Å². The summed E-state index contributed by atoms with van der Waals surface area (Å²) in [5, 5.41) is 2.54. The van der Waals surface area contributed by atoms with E-state index in [4.69, 9.17) is 4.74 Å². The van der Waals surface area contributed by atoms with Crippen LogP contribution in [0.5, 0.6) is 5.75 Å². The molecular formula is C16H15NO3. The molecule has 102 valence electrons. The fourth-order valence-corrected chi connectivity index (χ4v) is 1.62. The number of amides is 1. The third-order valence-electron chi connectivity index (χ3n) is 2.66. The second-order valence-electron chi connectivity index (χ2n) is 4.17. The molecule has 0 radical (unpaired) electrons. The first-order valence-electron chi connectivity index (χ1n) is 6.28. The maximum Gasteiger partial charge on any atom is 0.258 e. The van der Waals surface area contributed by atoms with Crippen LogP contribution < -0.4 is 10.1 Å². The van der Waals surface area contributed by atoms with E-state index in [0.717, 1.165) is 0 Å². The maximum atomic E-state index is 11.8. The molecule has 2 aromatic rings. The number of nitrogens with one attached hydrogen (secondary N) is 1. The average Bonchev–Trinajstić information content (AvgIpc) is 2.52. The van der Waals surface area contributed by atoms with Gasteiger partial charge in [0.2, 0.25) is 0 Å². The fraction of sp³-hybridized carbons (Fsp3) is 0.125. The monoisotopic (exact) mass is 269 g/mol. The summed E-state index contributed by atoms with van der Waals surface area (Å²) in [6.07, 6.45) is 0. The standard InChI is InChI=1S/C16H15NO3/c18-15(13-7-3-1-4-8-13)11-17-16(19)12-20-14-9-5-2-6-10-14/h1-10H,11-12H2,(H,17,19). The normalized spacial score (nSPS) is 9.80. The third-order valence-corrected chi connectivity index (χ3v) is 2.66. The van der Waals surface area contributed by atoms with Gasteiger partial charge in [0.1, 0.15) is 5.75 Å². The van der Waals surface area contributed by atoms with Crippen LogP contribution >= 0.6 is 0 Å². The van der Waals surface area contributed by atoms with Crippen LogP contribution in [0.4, 0.5) is 0 Å². The molecule has 0 heterocycles. The molecule has 0 unspecified atom stereocenters. The SMILES string of the molecule is O=C(COc1ccccc1)NCC(=O)c1ccccc1. The van der Waals surface area contributed by atoms with Gasteiger partial charge in [0.25, 0.3) is 5.91 Å². The second-order valence-corrected chi connectivity index (χ2v) is 4.17. The zero-order valence-electron chi connectivity index (χ0n) is 10.9. The van der Waals surface area contributed by atoms with Crippen molar-refractivity contribution in [3.8, 4) is 5.75 Å². The van der Waals surface area contributed by atoms with Crippen LogP contribution in [0.2, 0.25) is 0 Å². The Balaban J connectivity index is 1.74. The Morgan fingerprint density at radius 1 is 0.900 bits per heavy atom. The summed E-state index contributed by atoms with van der Waals surface area (Å²) in [7, 11) is 0. The van der Waals surface area contributed by atoms with Gasteiger partial charge >= 0.3 is 0 Å². The van der Waals surface area contributed by atoms with E-state index in [0.29, 0.717) is 11.3 Å². The van der Waals surface area contributed by atoms with Crippen LogP contribution in [-0.4, -0.2) is 24.8 Å². The van der Waals surface area contributed by atoms with Crippen molar-refractivity contribution >= 4 is 11.7 Å². The zero-order chi connectivity index (χ0) is 14.2. The third kappa shape index (κ3) is 4.24. The molecule has 0 spiro atoms. The van der Waals surface area contributed by atoms with Crippen LogP contribution in [0, 0.1) is 0 Å². The number of carbonyl (C=O) groups excluding carboxylic acids is 2. The predicted molar refractivity (Wildman–Crippen MR) is 75.7 cm³/mol. The van der Waals surface area contributed by atoms with E-state index in [1.807, 2.05) is 24.3 Å². The lowest BCUT2D eigenvalue weighted by molar-refractivity contribution is -0.122. The summed E-state index contributed by atoms with van der Waals surface area (Å²) in [6, 6.07) is 17.9. The summed E-state index contributed by atoms with van der Waals surface area (Å²) < 4.78 is 5.28. The highest BCUT2D eigenvalue weighted by Crippen LogP contribution is 2.07. The number of ketones is 1. The Kier molecular flexibility index (Phi) is 4.89. The number of rotatable bonds is 6. The van der Waals surface area contributed by atoms with Crippen LogP contribution in [0.15, 0.2) is 60.7 Å². The van der Waals surface area contributed by atoms with Crippen molar-refractivity contribution in [2.24, 2.45) is 0 Å². The van der Waals surface area contributed by atoms with Crippen molar-refractivity contribution in [1.82, 2.24) is 5.32 Å². The molecule has 4 nitrogen and oxygen atoms in total. The number of benzene rings is 2. The predicted octanol–water partition coefficient (Wildman–Crippen LogP) is 2.06. The highest BCUT2D eigenvalue weighted by molar-refractivity contribution is 5.99. The summed E-state index contributed by atoms with van der Waals surface area (Å²) in [5.74, 6) is 0.175. The molecule has 0 fully saturated rings. The van der Waals surface area contributed by atoms with E-state index in [9.17, 15) is 9.59 Å². The summed E-state index contributed by atoms with van der Waals surface area (Å²) in [4.78, 5) is 23.3. The molecule has 1 amide bonds. The molecule has 1 N–H and O–H groups in total. The highest BCUT2D eigenvalue weighted by Gasteiger charge is 2.08. The number of ether oxygens (including phenoxy) is 1. The molecule has 0 aliphatic rings.